The summed E-state index contributed by atoms with van der Waals surface area (Å²) in [6.07, 6.45) is -1.26. The van der Waals surface area contributed by atoms with Crippen LogP contribution in [0.3, 0.4) is 0 Å². The van der Waals surface area contributed by atoms with Gasteiger partial charge in [-0.05, 0) is 37.6 Å². The van der Waals surface area contributed by atoms with Crippen LogP contribution in [-0.4, -0.2) is 18.0 Å². The Balaban J connectivity index is 2.07. The number of carbonyl (C=O) groups is 2. The van der Waals surface area contributed by atoms with Gasteiger partial charge in [-0.1, -0.05) is 18.2 Å². The van der Waals surface area contributed by atoms with Gasteiger partial charge in [0.1, 0.15) is 0 Å². The van der Waals surface area contributed by atoms with Crippen LogP contribution in [-0.2, 0) is 9.53 Å². The van der Waals surface area contributed by atoms with Crippen LogP contribution in [0.4, 0.5) is 18.9 Å². The monoisotopic (exact) mass is 337 g/mol. The molecular weight excluding hydrogens is 323 g/mol. The van der Waals surface area contributed by atoms with Crippen molar-refractivity contribution in [3.8, 4) is 0 Å². The number of carbonyl (C=O) groups excluding carboxylic acids is 2. The third kappa shape index (κ3) is 3.73. The van der Waals surface area contributed by atoms with Crippen molar-refractivity contribution in [2.24, 2.45) is 0 Å². The van der Waals surface area contributed by atoms with Crippen molar-refractivity contribution in [2.45, 2.75) is 20.0 Å². The van der Waals surface area contributed by atoms with E-state index in [0.29, 0.717) is 11.6 Å². The largest absolute Gasteiger partial charge is 0.449 e. The molecule has 0 radical (unpaired) electrons. The lowest BCUT2D eigenvalue weighted by molar-refractivity contribution is -0.123. The molecule has 0 saturated carbocycles. The molecule has 1 amide bonds. The minimum absolute atomic E-state index is 0.288. The molecule has 0 fully saturated rings. The van der Waals surface area contributed by atoms with Crippen molar-refractivity contribution >= 4 is 17.6 Å². The van der Waals surface area contributed by atoms with Gasteiger partial charge >= 0.3 is 5.97 Å². The van der Waals surface area contributed by atoms with Gasteiger partial charge in [0.15, 0.2) is 23.6 Å². The molecule has 0 bridgehead atoms. The van der Waals surface area contributed by atoms with Crippen LogP contribution >= 0.6 is 0 Å². The fourth-order valence-electron chi connectivity index (χ4n) is 1.94. The first-order valence-electron chi connectivity index (χ1n) is 7.02. The van der Waals surface area contributed by atoms with Crippen LogP contribution in [0.1, 0.15) is 22.8 Å². The van der Waals surface area contributed by atoms with Crippen molar-refractivity contribution in [3.63, 3.8) is 0 Å². The van der Waals surface area contributed by atoms with Crippen molar-refractivity contribution in [3.05, 3.63) is 65.0 Å². The van der Waals surface area contributed by atoms with Crippen molar-refractivity contribution in [1.29, 1.82) is 0 Å². The van der Waals surface area contributed by atoms with E-state index in [1.165, 1.54) is 13.0 Å². The number of hydrogen-bond donors (Lipinski definition) is 1. The van der Waals surface area contributed by atoms with Gasteiger partial charge in [-0.15, -0.1) is 0 Å². The number of rotatable bonds is 4. The molecule has 0 aromatic heterocycles. The molecule has 0 heterocycles. The zero-order valence-electron chi connectivity index (χ0n) is 12.9. The van der Waals surface area contributed by atoms with Gasteiger partial charge in [0.2, 0.25) is 0 Å². The fourth-order valence-corrected chi connectivity index (χ4v) is 1.94. The lowest BCUT2D eigenvalue weighted by atomic mass is 10.1. The van der Waals surface area contributed by atoms with Crippen LogP contribution in [0.5, 0.6) is 0 Å². The van der Waals surface area contributed by atoms with Gasteiger partial charge < -0.3 is 10.1 Å². The maximum absolute atomic E-state index is 13.5. The normalized spacial score (nSPS) is 11.7. The first kappa shape index (κ1) is 17.5. The molecule has 24 heavy (non-hydrogen) atoms. The minimum atomic E-state index is -1.70. The highest BCUT2D eigenvalue weighted by Gasteiger charge is 2.22. The molecule has 2 rings (SSSR count). The van der Waals surface area contributed by atoms with E-state index >= 15 is 0 Å². The summed E-state index contributed by atoms with van der Waals surface area (Å²) in [5.41, 5.74) is 0.413. The summed E-state index contributed by atoms with van der Waals surface area (Å²) >= 11 is 0. The summed E-state index contributed by atoms with van der Waals surface area (Å²) in [5, 5.41) is 2.05. The average Bonchev–Trinajstić information content (AvgIpc) is 2.55. The molecule has 0 spiro atoms. The van der Waals surface area contributed by atoms with E-state index in [-0.39, 0.29) is 5.56 Å². The number of amides is 1. The van der Waals surface area contributed by atoms with Crippen LogP contribution in [0, 0.1) is 24.4 Å². The second kappa shape index (κ2) is 7.16. The lowest BCUT2D eigenvalue weighted by Gasteiger charge is -2.15. The third-order valence-electron chi connectivity index (χ3n) is 3.31. The van der Waals surface area contributed by atoms with E-state index in [2.05, 4.69) is 5.32 Å². The van der Waals surface area contributed by atoms with E-state index in [4.69, 9.17) is 4.74 Å². The number of halogens is 3. The maximum atomic E-state index is 13.5. The highest BCUT2D eigenvalue weighted by molar-refractivity contribution is 5.97. The molecule has 1 N–H and O–H groups in total. The molecule has 0 aliphatic carbocycles. The number of ether oxygens (including phenoxy) is 1. The number of benzene rings is 2. The van der Waals surface area contributed by atoms with E-state index < -0.39 is 41.1 Å². The smallest absolute Gasteiger partial charge is 0.339 e. The predicted molar refractivity (Wildman–Crippen MR) is 81.0 cm³/mol. The Morgan fingerprint density at radius 2 is 1.71 bits per heavy atom. The van der Waals surface area contributed by atoms with E-state index in [1.54, 1.807) is 25.1 Å². The van der Waals surface area contributed by atoms with Crippen LogP contribution < -0.4 is 5.32 Å². The predicted octanol–water partition coefficient (Wildman–Crippen LogP) is 3.60. The molecule has 0 aliphatic rings. The summed E-state index contributed by atoms with van der Waals surface area (Å²) in [6, 6.07) is 8.19. The topological polar surface area (TPSA) is 55.4 Å². The Morgan fingerprint density at radius 1 is 1.04 bits per heavy atom. The first-order valence-corrected chi connectivity index (χ1v) is 7.02. The Morgan fingerprint density at radius 3 is 2.38 bits per heavy atom. The Hall–Kier alpha value is -2.83. The maximum Gasteiger partial charge on any atom is 0.339 e. The van der Waals surface area contributed by atoms with Gasteiger partial charge in [-0.2, -0.15) is 0 Å². The Bertz CT molecular complexity index is 793. The van der Waals surface area contributed by atoms with Crippen molar-refractivity contribution in [1.82, 2.24) is 0 Å². The highest BCUT2D eigenvalue weighted by Crippen LogP contribution is 2.20. The zero-order valence-corrected chi connectivity index (χ0v) is 12.9. The summed E-state index contributed by atoms with van der Waals surface area (Å²) < 4.78 is 44.5. The third-order valence-corrected chi connectivity index (χ3v) is 3.31. The molecule has 7 heteroatoms. The van der Waals surface area contributed by atoms with Crippen molar-refractivity contribution in [2.75, 3.05) is 5.32 Å². The number of nitrogens with one attached hydrogen (secondary N) is 1. The molecule has 0 saturated heterocycles. The van der Waals surface area contributed by atoms with Gasteiger partial charge in [0.25, 0.3) is 5.91 Å². The number of aryl methyl sites for hydroxylation is 1. The van der Waals surface area contributed by atoms with Crippen LogP contribution in [0.25, 0.3) is 0 Å². The molecular formula is C17H14F3NO3. The van der Waals surface area contributed by atoms with Gasteiger partial charge in [-0.25, -0.2) is 18.0 Å². The first-order chi connectivity index (χ1) is 11.3. The van der Waals surface area contributed by atoms with Crippen molar-refractivity contribution < 1.29 is 27.5 Å². The summed E-state index contributed by atoms with van der Waals surface area (Å²) in [4.78, 5) is 24.0. The summed E-state index contributed by atoms with van der Waals surface area (Å²) in [5.74, 6) is -6.19. The van der Waals surface area contributed by atoms with E-state index in [1.807, 2.05) is 0 Å². The second-order valence-corrected chi connectivity index (χ2v) is 5.07. The number of esters is 1. The SMILES string of the molecule is Cc1ccccc1C(=O)O[C@@H](C)C(=O)Nc1ccc(F)c(F)c1F. The van der Waals surface area contributed by atoms with E-state index in [9.17, 15) is 22.8 Å². The van der Waals surface area contributed by atoms with Gasteiger partial charge in [0, 0.05) is 0 Å². The fraction of sp³-hybridized carbons (Fsp3) is 0.176. The molecule has 0 aliphatic heterocycles. The molecule has 126 valence electrons. The zero-order chi connectivity index (χ0) is 17.9. The standard InChI is InChI=1S/C17H14F3NO3/c1-9-5-3-4-6-11(9)17(23)24-10(2)16(22)21-13-8-7-12(18)14(19)15(13)20/h3-8,10H,1-2H3,(H,21,22)/t10-/m0/s1. The molecule has 2 aromatic rings. The summed E-state index contributed by atoms with van der Waals surface area (Å²) in [7, 11) is 0. The average molecular weight is 337 g/mol. The number of anilines is 1. The van der Waals surface area contributed by atoms with E-state index in [0.717, 1.165) is 6.07 Å². The summed E-state index contributed by atoms with van der Waals surface area (Å²) in [6.45, 7) is 2.99. The lowest BCUT2D eigenvalue weighted by Crippen LogP contribution is -2.30. The minimum Gasteiger partial charge on any atom is -0.449 e. The highest BCUT2D eigenvalue weighted by atomic mass is 19.2. The van der Waals surface area contributed by atoms with Crippen LogP contribution in [0.2, 0.25) is 0 Å². The van der Waals surface area contributed by atoms with Crippen LogP contribution in [0.15, 0.2) is 36.4 Å². The molecule has 4 nitrogen and oxygen atoms in total. The molecule has 2 aromatic carbocycles. The Kier molecular flexibility index (Phi) is 5.23. The molecule has 0 unspecified atom stereocenters. The van der Waals surface area contributed by atoms with Gasteiger partial charge in [-0.3, -0.25) is 4.79 Å². The quantitative estimate of drug-likeness (QED) is 0.685. The second-order valence-electron chi connectivity index (χ2n) is 5.07. The Labute approximate surface area is 136 Å². The van der Waals surface area contributed by atoms with Gasteiger partial charge in [0.05, 0.1) is 11.3 Å². The molecule has 1 atom stereocenters. The number of hydrogen-bond acceptors (Lipinski definition) is 3.